The summed E-state index contributed by atoms with van der Waals surface area (Å²) in [4.78, 5) is 12.0. The molecule has 6 heteroatoms. The number of amides is 1. The summed E-state index contributed by atoms with van der Waals surface area (Å²) in [6.45, 7) is 7.87. The van der Waals surface area contributed by atoms with Crippen molar-refractivity contribution in [3.05, 3.63) is 11.6 Å². The van der Waals surface area contributed by atoms with Crippen molar-refractivity contribution in [3.8, 4) is 0 Å². The molecule has 0 aromatic carbocycles. The monoisotopic (exact) mass is 294 g/mol. The van der Waals surface area contributed by atoms with Crippen molar-refractivity contribution in [3.63, 3.8) is 0 Å². The van der Waals surface area contributed by atoms with Crippen molar-refractivity contribution in [1.82, 2.24) is 20.1 Å². The maximum absolute atomic E-state index is 12.0. The fraction of sp³-hybridized carbons (Fsp3) is 0.800. The molecule has 2 rings (SSSR count). The molecule has 2 heterocycles. The van der Waals surface area contributed by atoms with E-state index in [1.165, 1.54) is 12.8 Å². The van der Waals surface area contributed by atoms with Crippen LogP contribution in [0.3, 0.4) is 0 Å². The minimum absolute atomic E-state index is 0.0957. The molecule has 1 aliphatic rings. The molecule has 1 aromatic rings. The van der Waals surface area contributed by atoms with Crippen molar-refractivity contribution < 1.29 is 9.53 Å². The molecule has 1 aromatic heterocycles. The van der Waals surface area contributed by atoms with Gasteiger partial charge in [-0.2, -0.15) is 0 Å². The Morgan fingerprint density at radius 1 is 1.29 bits per heavy atom. The Labute approximate surface area is 126 Å². The van der Waals surface area contributed by atoms with Crippen LogP contribution >= 0.6 is 0 Å². The molecule has 1 amide bonds. The second-order valence-corrected chi connectivity index (χ2v) is 6.08. The number of rotatable bonds is 6. The van der Waals surface area contributed by atoms with Gasteiger partial charge >= 0.3 is 0 Å². The summed E-state index contributed by atoms with van der Waals surface area (Å²) in [6.07, 6.45) is 4.10. The molecule has 1 aliphatic heterocycles. The molecule has 0 bridgehead atoms. The number of aromatic nitrogens is 3. The number of carbonyl (C=O) groups is 1. The Hall–Kier alpha value is -1.43. The summed E-state index contributed by atoms with van der Waals surface area (Å²) in [5.74, 6) is 2.21. The van der Waals surface area contributed by atoms with E-state index in [1.807, 2.05) is 0 Å². The van der Waals surface area contributed by atoms with Gasteiger partial charge in [0.05, 0.1) is 6.54 Å². The molecule has 0 spiro atoms. The fourth-order valence-corrected chi connectivity index (χ4v) is 2.40. The van der Waals surface area contributed by atoms with Gasteiger partial charge < -0.3 is 14.6 Å². The summed E-state index contributed by atoms with van der Waals surface area (Å²) in [6, 6.07) is 0. The number of hydrogen-bond acceptors (Lipinski definition) is 4. The molecular formula is C15H26N4O2. The number of nitrogens with zero attached hydrogens (tertiary/aromatic N) is 3. The molecule has 0 saturated carbocycles. The molecular weight excluding hydrogens is 268 g/mol. The number of carbonyl (C=O) groups excluding carboxylic acids is 1. The Morgan fingerprint density at radius 3 is 2.86 bits per heavy atom. The van der Waals surface area contributed by atoms with E-state index in [2.05, 4.69) is 33.9 Å². The van der Waals surface area contributed by atoms with Crippen molar-refractivity contribution in [2.24, 2.45) is 5.92 Å². The van der Waals surface area contributed by atoms with Gasteiger partial charge in [-0.05, 0) is 25.7 Å². The van der Waals surface area contributed by atoms with Crippen LogP contribution in [0.4, 0.5) is 0 Å². The zero-order valence-corrected chi connectivity index (χ0v) is 13.3. The highest BCUT2D eigenvalue weighted by atomic mass is 16.5. The standard InChI is InChI=1S/C15H26N4O2/c1-11(2)10-21-12(3)15(20)16-9-14-18-17-13-7-5-4-6-8-19(13)14/h11-12H,4-10H2,1-3H3,(H,16,20). The van der Waals surface area contributed by atoms with Gasteiger partial charge in [-0.15, -0.1) is 10.2 Å². The van der Waals surface area contributed by atoms with Gasteiger partial charge in [0.25, 0.3) is 0 Å². The predicted octanol–water partition coefficient (Wildman–Crippen LogP) is 1.68. The maximum Gasteiger partial charge on any atom is 0.249 e. The molecule has 1 unspecified atom stereocenters. The van der Waals surface area contributed by atoms with Crippen LogP contribution in [0.5, 0.6) is 0 Å². The topological polar surface area (TPSA) is 69.0 Å². The number of aryl methyl sites for hydroxylation is 1. The molecule has 0 fully saturated rings. The zero-order chi connectivity index (χ0) is 15.2. The van der Waals surface area contributed by atoms with Crippen LogP contribution in [0, 0.1) is 5.92 Å². The SMILES string of the molecule is CC(C)COC(C)C(=O)NCc1nnc2n1CCCCC2. The first kappa shape index (κ1) is 15.9. The largest absolute Gasteiger partial charge is 0.368 e. The van der Waals surface area contributed by atoms with Gasteiger partial charge in [0.1, 0.15) is 11.9 Å². The summed E-state index contributed by atoms with van der Waals surface area (Å²) in [5, 5.41) is 11.3. The average molecular weight is 294 g/mol. The van der Waals surface area contributed by atoms with Gasteiger partial charge in [0, 0.05) is 19.6 Å². The van der Waals surface area contributed by atoms with Gasteiger partial charge in [0.2, 0.25) is 5.91 Å². The van der Waals surface area contributed by atoms with Crippen molar-refractivity contribution >= 4 is 5.91 Å². The molecule has 21 heavy (non-hydrogen) atoms. The molecule has 6 nitrogen and oxygen atoms in total. The Bertz CT molecular complexity index is 470. The molecule has 1 N–H and O–H groups in total. The van der Waals surface area contributed by atoms with Gasteiger partial charge in [-0.1, -0.05) is 20.3 Å². The van der Waals surface area contributed by atoms with E-state index < -0.39 is 6.10 Å². The predicted molar refractivity (Wildman–Crippen MR) is 79.7 cm³/mol. The van der Waals surface area contributed by atoms with Crippen molar-refractivity contribution in [2.75, 3.05) is 6.61 Å². The fourth-order valence-electron chi connectivity index (χ4n) is 2.40. The summed E-state index contributed by atoms with van der Waals surface area (Å²) in [7, 11) is 0. The molecule has 0 saturated heterocycles. The highest BCUT2D eigenvalue weighted by Crippen LogP contribution is 2.14. The lowest BCUT2D eigenvalue weighted by Gasteiger charge is -2.15. The van der Waals surface area contributed by atoms with Crippen LogP contribution in [0.2, 0.25) is 0 Å². The molecule has 1 atom stereocenters. The summed E-state index contributed by atoms with van der Waals surface area (Å²) in [5.41, 5.74) is 0. The van der Waals surface area contributed by atoms with Crippen LogP contribution in [0.25, 0.3) is 0 Å². The summed E-state index contributed by atoms with van der Waals surface area (Å²) < 4.78 is 7.66. The first-order valence-electron chi connectivity index (χ1n) is 7.88. The smallest absolute Gasteiger partial charge is 0.249 e. The van der Waals surface area contributed by atoms with Crippen molar-refractivity contribution in [1.29, 1.82) is 0 Å². The zero-order valence-electron chi connectivity index (χ0n) is 13.3. The minimum Gasteiger partial charge on any atom is -0.368 e. The first-order chi connectivity index (χ1) is 10.1. The van der Waals surface area contributed by atoms with Crippen LogP contribution in [0.1, 0.15) is 51.7 Å². The normalized spacial score (nSPS) is 16.4. The Balaban J connectivity index is 1.85. The Morgan fingerprint density at radius 2 is 2.10 bits per heavy atom. The van der Waals surface area contributed by atoms with E-state index in [9.17, 15) is 4.79 Å². The van der Waals surface area contributed by atoms with Crippen LogP contribution in [-0.4, -0.2) is 33.4 Å². The van der Waals surface area contributed by atoms with E-state index in [0.717, 1.165) is 31.0 Å². The second kappa shape index (κ2) is 7.54. The quantitative estimate of drug-likeness (QED) is 0.866. The lowest BCUT2D eigenvalue weighted by atomic mass is 10.2. The third kappa shape index (κ3) is 4.52. The number of hydrogen-bond donors (Lipinski definition) is 1. The van der Waals surface area contributed by atoms with Crippen molar-refractivity contribution in [2.45, 2.75) is 65.6 Å². The molecule has 0 aliphatic carbocycles. The number of nitrogens with one attached hydrogen (secondary N) is 1. The third-order valence-corrected chi connectivity index (χ3v) is 3.66. The van der Waals surface area contributed by atoms with E-state index in [-0.39, 0.29) is 5.91 Å². The highest BCUT2D eigenvalue weighted by molar-refractivity contribution is 5.80. The highest BCUT2D eigenvalue weighted by Gasteiger charge is 2.17. The van der Waals surface area contributed by atoms with Crippen LogP contribution in [0.15, 0.2) is 0 Å². The lowest BCUT2D eigenvalue weighted by molar-refractivity contribution is -0.132. The van der Waals surface area contributed by atoms with Crippen LogP contribution < -0.4 is 5.32 Å². The van der Waals surface area contributed by atoms with Gasteiger partial charge in [-0.3, -0.25) is 4.79 Å². The second-order valence-electron chi connectivity index (χ2n) is 6.08. The molecule has 118 valence electrons. The molecule has 0 radical (unpaired) electrons. The number of fused-ring (bicyclic) bond motifs is 1. The average Bonchev–Trinajstić information content (AvgIpc) is 2.69. The minimum atomic E-state index is -0.432. The van der Waals surface area contributed by atoms with E-state index in [0.29, 0.717) is 19.1 Å². The Kier molecular flexibility index (Phi) is 5.73. The van der Waals surface area contributed by atoms with Gasteiger partial charge in [0.15, 0.2) is 5.82 Å². The number of ether oxygens (including phenoxy) is 1. The summed E-state index contributed by atoms with van der Waals surface area (Å²) >= 11 is 0. The van der Waals surface area contributed by atoms with E-state index in [4.69, 9.17) is 4.74 Å². The first-order valence-corrected chi connectivity index (χ1v) is 7.88. The van der Waals surface area contributed by atoms with Gasteiger partial charge in [-0.25, -0.2) is 0 Å². The van der Waals surface area contributed by atoms with E-state index >= 15 is 0 Å². The third-order valence-electron chi connectivity index (χ3n) is 3.66. The lowest BCUT2D eigenvalue weighted by Crippen LogP contribution is -2.35. The van der Waals surface area contributed by atoms with Crippen LogP contribution in [-0.2, 0) is 29.0 Å². The van der Waals surface area contributed by atoms with E-state index in [1.54, 1.807) is 6.92 Å². The maximum atomic E-state index is 12.0.